The summed E-state index contributed by atoms with van der Waals surface area (Å²) in [5, 5.41) is 4.19. The van der Waals surface area contributed by atoms with E-state index >= 15 is 0 Å². The van der Waals surface area contributed by atoms with Crippen LogP contribution in [0.1, 0.15) is 24.6 Å². The summed E-state index contributed by atoms with van der Waals surface area (Å²) >= 11 is 12.2. The molecule has 0 saturated heterocycles. The maximum Gasteiger partial charge on any atom is 0.135 e. The number of ether oxygens (including phenoxy) is 1. The van der Waals surface area contributed by atoms with E-state index in [9.17, 15) is 0 Å². The van der Waals surface area contributed by atoms with Crippen LogP contribution in [0, 0.1) is 0 Å². The van der Waals surface area contributed by atoms with Gasteiger partial charge in [0.2, 0.25) is 0 Å². The molecular formula is C14H13Cl2N3O. The smallest absolute Gasteiger partial charge is 0.135 e. The van der Waals surface area contributed by atoms with Gasteiger partial charge in [-0.25, -0.2) is 9.97 Å². The average Bonchev–Trinajstić information content (AvgIpc) is 3.25. The lowest BCUT2D eigenvalue weighted by molar-refractivity contribution is 0.415. The van der Waals surface area contributed by atoms with E-state index in [-0.39, 0.29) is 0 Å². The van der Waals surface area contributed by atoms with E-state index in [4.69, 9.17) is 27.9 Å². The molecule has 1 aliphatic carbocycles. The number of benzene rings is 1. The van der Waals surface area contributed by atoms with Crippen LogP contribution in [0.15, 0.2) is 24.3 Å². The van der Waals surface area contributed by atoms with Crippen LogP contribution < -0.4 is 10.1 Å². The Morgan fingerprint density at radius 1 is 1.20 bits per heavy atom. The van der Waals surface area contributed by atoms with Gasteiger partial charge in [-0.2, -0.15) is 0 Å². The molecule has 3 rings (SSSR count). The van der Waals surface area contributed by atoms with Gasteiger partial charge in [0, 0.05) is 18.1 Å². The molecular weight excluding hydrogens is 297 g/mol. The van der Waals surface area contributed by atoms with Gasteiger partial charge in [-0.1, -0.05) is 23.2 Å². The zero-order valence-corrected chi connectivity index (χ0v) is 12.4. The Morgan fingerprint density at radius 2 is 2.00 bits per heavy atom. The lowest BCUT2D eigenvalue weighted by Gasteiger charge is -2.10. The molecule has 20 heavy (non-hydrogen) atoms. The third-order valence-corrected chi connectivity index (χ3v) is 3.61. The van der Waals surface area contributed by atoms with Gasteiger partial charge in [-0.15, -0.1) is 0 Å². The molecule has 1 heterocycles. The highest BCUT2D eigenvalue weighted by Crippen LogP contribution is 2.39. The van der Waals surface area contributed by atoms with Gasteiger partial charge in [-0.3, -0.25) is 0 Å². The average molecular weight is 310 g/mol. The van der Waals surface area contributed by atoms with E-state index in [2.05, 4.69) is 15.3 Å². The number of nitrogens with one attached hydrogen (secondary N) is 1. The predicted molar refractivity (Wildman–Crippen MR) is 80.3 cm³/mol. The van der Waals surface area contributed by atoms with Crippen molar-refractivity contribution in [2.45, 2.75) is 18.8 Å². The van der Waals surface area contributed by atoms with Gasteiger partial charge in [0.1, 0.15) is 22.5 Å². The van der Waals surface area contributed by atoms with Crippen LogP contribution >= 0.6 is 23.2 Å². The van der Waals surface area contributed by atoms with Crippen molar-refractivity contribution in [3.63, 3.8) is 0 Å². The molecule has 1 fully saturated rings. The molecule has 1 aromatic carbocycles. The van der Waals surface area contributed by atoms with Crippen molar-refractivity contribution in [3.05, 3.63) is 40.3 Å². The zero-order chi connectivity index (χ0) is 14.1. The molecule has 0 spiro atoms. The lowest BCUT2D eigenvalue weighted by atomic mass is 10.3. The minimum absolute atomic E-state index is 0.434. The Morgan fingerprint density at radius 3 is 2.70 bits per heavy atom. The van der Waals surface area contributed by atoms with Crippen LogP contribution in [0.25, 0.3) is 0 Å². The van der Waals surface area contributed by atoms with E-state index in [1.54, 1.807) is 25.3 Å². The normalized spacial score (nSPS) is 14.2. The first-order valence-corrected chi connectivity index (χ1v) is 7.06. The Kier molecular flexibility index (Phi) is 3.68. The Hall–Kier alpha value is -1.52. The molecule has 0 bridgehead atoms. The molecule has 2 aromatic rings. The van der Waals surface area contributed by atoms with Crippen molar-refractivity contribution < 1.29 is 4.74 Å². The molecule has 1 aliphatic rings. The lowest BCUT2D eigenvalue weighted by Crippen LogP contribution is -2.00. The molecule has 0 radical (unpaired) electrons. The van der Waals surface area contributed by atoms with Crippen molar-refractivity contribution in [1.29, 1.82) is 0 Å². The summed E-state index contributed by atoms with van der Waals surface area (Å²) in [4.78, 5) is 8.73. The number of nitrogens with zero attached hydrogens (tertiary/aromatic N) is 2. The topological polar surface area (TPSA) is 47.0 Å². The van der Waals surface area contributed by atoms with Crippen molar-refractivity contribution in [2.75, 3.05) is 12.4 Å². The first-order chi connectivity index (χ1) is 9.65. The molecule has 0 amide bonds. The third kappa shape index (κ3) is 2.97. The van der Waals surface area contributed by atoms with Gasteiger partial charge >= 0.3 is 0 Å². The fraction of sp³-hybridized carbons (Fsp3) is 0.286. The second-order valence-corrected chi connectivity index (χ2v) is 5.47. The molecule has 4 nitrogen and oxygen atoms in total. The van der Waals surface area contributed by atoms with Gasteiger partial charge in [0.25, 0.3) is 0 Å². The summed E-state index contributed by atoms with van der Waals surface area (Å²) in [6, 6.07) is 7.07. The molecule has 1 aromatic heterocycles. The van der Waals surface area contributed by atoms with E-state index in [1.165, 1.54) is 0 Å². The Balaban J connectivity index is 1.90. The van der Waals surface area contributed by atoms with Crippen LogP contribution in [0.4, 0.5) is 11.5 Å². The van der Waals surface area contributed by atoms with Crippen LogP contribution in [0.2, 0.25) is 10.2 Å². The first-order valence-electron chi connectivity index (χ1n) is 6.31. The van der Waals surface area contributed by atoms with Gasteiger partial charge < -0.3 is 10.1 Å². The number of hydrogen-bond donors (Lipinski definition) is 1. The van der Waals surface area contributed by atoms with Crippen molar-refractivity contribution in [1.82, 2.24) is 9.97 Å². The van der Waals surface area contributed by atoms with Crippen molar-refractivity contribution >= 4 is 34.7 Å². The van der Waals surface area contributed by atoms with Crippen LogP contribution in [-0.2, 0) is 0 Å². The quantitative estimate of drug-likeness (QED) is 0.850. The molecule has 0 unspecified atom stereocenters. The molecule has 104 valence electrons. The van der Waals surface area contributed by atoms with Gasteiger partial charge in [0.05, 0.1) is 17.8 Å². The number of methoxy groups -OCH3 is 1. The van der Waals surface area contributed by atoms with Gasteiger partial charge in [-0.05, 0) is 25.0 Å². The number of aromatic nitrogens is 2. The fourth-order valence-corrected chi connectivity index (χ4v) is 2.24. The van der Waals surface area contributed by atoms with Crippen molar-refractivity contribution in [2.24, 2.45) is 0 Å². The summed E-state index contributed by atoms with van der Waals surface area (Å²) in [6.07, 6.45) is 2.25. The fourth-order valence-electron chi connectivity index (χ4n) is 1.89. The predicted octanol–water partition coefficient (Wildman–Crippen LogP) is 4.41. The highest BCUT2D eigenvalue weighted by Gasteiger charge is 2.27. The van der Waals surface area contributed by atoms with E-state index in [1.807, 2.05) is 6.07 Å². The summed E-state index contributed by atoms with van der Waals surface area (Å²) in [5.41, 5.74) is 0.725. The van der Waals surface area contributed by atoms with E-state index in [0.29, 0.717) is 21.9 Å². The second kappa shape index (κ2) is 5.46. The summed E-state index contributed by atoms with van der Waals surface area (Å²) in [6.45, 7) is 0. The molecule has 1 saturated carbocycles. The zero-order valence-electron chi connectivity index (χ0n) is 10.9. The van der Waals surface area contributed by atoms with Crippen LogP contribution in [0.3, 0.4) is 0 Å². The monoisotopic (exact) mass is 309 g/mol. The Bertz CT molecular complexity index is 644. The standard InChI is InChI=1S/C14H13Cl2N3O/c1-20-9-4-5-10(15)11(6-9)17-13-7-12(16)18-14(19-13)8-2-3-8/h4-8H,2-3H2,1H3,(H,17,18,19). The highest BCUT2D eigenvalue weighted by molar-refractivity contribution is 6.33. The molecule has 0 atom stereocenters. The molecule has 6 heteroatoms. The summed E-state index contributed by atoms with van der Waals surface area (Å²) in [5.74, 6) is 2.59. The maximum atomic E-state index is 6.16. The number of hydrogen-bond acceptors (Lipinski definition) is 4. The number of halogens is 2. The van der Waals surface area contributed by atoms with Crippen LogP contribution in [-0.4, -0.2) is 17.1 Å². The number of rotatable bonds is 4. The summed E-state index contributed by atoms with van der Waals surface area (Å²) in [7, 11) is 1.61. The minimum atomic E-state index is 0.434. The molecule has 1 N–H and O–H groups in total. The van der Waals surface area contributed by atoms with Crippen LogP contribution in [0.5, 0.6) is 5.75 Å². The number of anilines is 2. The minimum Gasteiger partial charge on any atom is -0.497 e. The maximum absolute atomic E-state index is 6.16. The SMILES string of the molecule is COc1ccc(Cl)c(Nc2cc(Cl)nc(C3CC3)n2)c1. The highest BCUT2D eigenvalue weighted by atomic mass is 35.5. The first kappa shape index (κ1) is 13.5. The molecule has 0 aliphatic heterocycles. The van der Waals surface area contributed by atoms with Gasteiger partial charge in [0.15, 0.2) is 0 Å². The summed E-state index contributed by atoms with van der Waals surface area (Å²) < 4.78 is 5.19. The van der Waals surface area contributed by atoms with E-state index in [0.717, 1.165) is 30.1 Å². The second-order valence-electron chi connectivity index (χ2n) is 4.68. The third-order valence-electron chi connectivity index (χ3n) is 3.09. The van der Waals surface area contributed by atoms with E-state index < -0.39 is 0 Å². The Labute approximate surface area is 127 Å². The largest absolute Gasteiger partial charge is 0.497 e. The van der Waals surface area contributed by atoms with Crippen molar-refractivity contribution in [3.8, 4) is 5.75 Å².